The van der Waals surface area contributed by atoms with Crippen LogP contribution < -0.4 is 10.1 Å². The van der Waals surface area contributed by atoms with Gasteiger partial charge in [-0.2, -0.15) is 0 Å². The lowest BCUT2D eigenvalue weighted by molar-refractivity contribution is -0.141. The normalized spacial score (nSPS) is 20.7. The summed E-state index contributed by atoms with van der Waals surface area (Å²) in [7, 11) is 0. The number of nitrogens with one attached hydrogen (secondary N) is 1. The fourth-order valence-corrected chi connectivity index (χ4v) is 6.72. The summed E-state index contributed by atoms with van der Waals surface area (Å²) in [5, 5.41) is 3.82. The van der Waals surface area contributed by atoms with Crippen LogP contribution >= 0.6 is 22.9 Å². The van der Waals surface area contributed by atoms with Crippen molar-refractivity contribution in [3.8, 4) is 5.75 Å². The second kappa shape index (κ2) is 10.4. The average Bonchev–Trinajstić information content (AvgIpc) is 3.61. The molecular formula is C27H29ClN4O4S. The van der Waals surface area contributed by atoms with E-state index in [1.807, 2.05) is 43.0 Å². The second-order valence-electron chi connectivity index (χ2n) is 9.38. The van der Waals surface area contributed by atoms with Crippen LogP contribution in [-0.4, -0.2) is 66.5 Å². The smallest absolute Gasteiger partial charge is 0.264 e. The van der Waals surface area contributed by atoms with Crippen molar-refractivity contribution in [2.75, 3.05) is 26.2 Å². The summed E-state index contributed by atoms with van der Waals surface area (Å²) >= 11 is 8.00. The van der Waals surface area contributed by atoms with E-state index >= 15 is 0 Å². The lowest BCUT2D eigenvalue weighted by Crippen LogP contribution is -2.50. The minimum absolute atomic E-state index is 0.0116. The summed E-state index contributed by atoms with van der Waals surface area (Å²) < 4.78 is 6.30. The van der Waals surface area contributed by atoms with Crippen molar-refractivity contribution in [3.05, 3.63) is 50.2 Å². The molecular weight excluding hydrogens is 512 g/mol. The largest absolute Gasteiger partial charge is 0.479 e. The van der Waals surface area contributed by atoms with E-state index in [0.29, 0.717) is 36.0 Å². The van der Waals surface area contributed by atoms with Gasteiger partial charge in [0.25, 0.3) is 5.91 Å². The number of fused-ring (bicyclic) bond motifs is 1. The molecule has 0 bridgehead atoms. The number of hydrogen-bond acceptors (Lipinski definition) is 7. The van der Waals surface area contributed by atoms with Gasteiger partial charge in [0.1, 0.15) is 5.75 Å². The summed E-state index contributed by atoms with van der Waals surface area (Å²) in [5.74, 6) is 0.317. The highest BCUT2D eigenvalue weighted by Crippen LogP contribution is 2.47. The van der Waals surface area contributed by atoms with E-state index in [0.717, 1.165) is 39.5 Å². The molecule has 3 aliphatic rings. The molecule has 4 heterocycles. The maximum Gasteiger partial charge on any atom is 0.264 e. The Labute approximate surface area is 224 Å². The number of halogens is 1. The molecule has 2 atom stereocenters. The Morgan fingerprint density at radius 1 is 1.24 bits per heavy atom. The first-order valence-electron chi connectivity index (χ1n) is 12.4. The molecule has 3 amide bonds. The topological polar surface area (TPSA) is 91.3 Å². The van der Waals surface area contributed by atoms with Gasteiger partial charge in [-0.25, -0.2) is 0 Å². The number of carbonyl (C=O) groups excluding carboxylic acids is 3. The summed E-state index contributed by atoms with van der Waals surface area (Å²) in [5.41, 5.74) is 3.17. The standard InChI is InChI=1S/C27H29ClN4O4S/c1-4-18(26-20(29-3)14-22(37-26)15(2)32-23(33)5-6-24(32)34)19-13-17(28)11-16-12-21(36-25(16)19)27(35)31-9-7-30-8-10-31/h4,11,13-15,21,30H,3,5-10,12H2,1-2H3/b18-4-/t15-,21+/m0/s1. The Balaban J connectivity index is 1.48. The van der Waals surface area contributed by atoms with Gasteiger partial charge in [-0.05, 0) is 38.8 Å². The van der Waals surface area contributed by atoms with Crippen molar-refractivity contribution in [2.45, 2.75) is 45.3 Å². The van der Waals surface area contributed by atoms with Gasteiger partial charge in [0.05, 0.1) is 16.6 Å². The average molecular weight is 541 g/mol. The molecule has 37 heavy (non-hydrogen) atoms. The van der Waals surface area contributed by atoms with Crippen LogP contribution in [0.4, 0.5) is 5.69 Å². The quantitative estimate of drug-likeness (QED) is 0.439. The van der Waals surface area contributed by atoms with Crippen molar-refractivity contribution >= 4 is 58.6 Å². The number of amides is 3. The van der Waals surface area contributed by atoms with Gasteiger partial charge in [0, 0.05) is 72.0 Å². The van der Waals surface area contributed by atoms with Crippen molar-refractivity contribution in [2.24, 2.45) is 4.99 Å². The number of aliphatic imine (C=N–C) groups is 1. The van der Waals surface area contributed by atoms with E-state index in [1.54, 1.807) is 0 Å². The first-order chi connectivity index (χ1) is 17.8. The number of nitrogens with zero attached hydrogens (tertiary/aromatic N) is 3. The van der Waals surface area contributed by atoms with Gasteiger partial charge in [-0.1, -0.05) is 17.7 Å². The number of hydrogen-bond donors (Lipinski definition) is 1. The van der Waals surface area contributed by atoms with E-state index < -0.39 is 12.1 Å². The molecule has 8 nitrogen and oxygen atoms in total. The van der Waals surface area contributed by atoms with Crippen molar-refractivity contribution in [1.29, 1.82) is 0 Å². The predicted molar refractivity (Wildman–Crippen MR) is 145 cm³/mol. The van der Waals surface area contributed by atoms with E-state index in [4.69, 9.17) is 16.3 Å². The third-order valence-electron chi connectivity index (χ3n) is 7.11. The highest BCUT2D eigenvalue weighted by atomic mass is 35.5. The molecule has 10 heteroatoms. The number of rotatable bonds is 6. The molecule has 1 aromatic carbocycles. The van der Waals surface area contributed by atoms with Gasteiger partial charge >= 0.3 is 0 Å². The zero-order chi connectivity index (χ0) is 26.3. The fourth-order valence-electron chi connectivity index (χ4n) is 5.23. The van der Waals surface area contributed by atoms with Crippen LogP contribution in [0.3, 0.4) is 0 Å². The second-order valence-corrected chi connectivity index (χ2v) is 10.9. The minimum atomic E-state index is -0.591. The highest BCUT2D eigenvalue weighted by Gasteiger charge is 2.37. The number of carbonyl (C=O) groups is 3. The number of piperazine rings is 1. The van der Waals surface area contributed by atoms with Crippen LogP contribution in [0, 0.1) is 0 Å². The van der Waals surface area contributed by atoms with E-state index in [1.165, 1.54) is 16.2 Å². The maximum absolute atomic E-state index is 13.2. The maximum atomic E-state index is 13.2. The van der Waals surface area contributed by atoms with Crippen molar-refractivity contribution in [1.82, 2.24) is 15.1 Å². The SMILES string of the molecule is C=Nc1cc([C@H](C)N2C(=O)CCC2=O)sc1/C(=C\C)c1cc(Cl)cc2c1O[C@@H](C(=O)N1CCNCC1)C2. The molecule has 0 saturated carbocycles. The molecule has 2 fully saturated rings. The van der Waals surface area contributed by atoms with Gasteiger partial charge in [-0.15, -0.1) is 11.3 Å². The molecule has 0 unspecified atom stereocenters. The van der Waals surface area contributed by atoms with Crippen LogP contribution in [0.25, 0.3) is 5.57 Å². The number of thiophene rings is 1. The van der Waals surface area contributed by atoms with Crippen molar-refractivity contribution in [3.63, 3.8) is 0 Å². The van der Waals surface area contributed by atoms with Crippen LogP contribution in [0.15, 0.2) is 29.3 Å². The lowest BCUT2D eigenvalue weighted by atomic mass is 9.98. The number of likely N-dealkylation sites (tertiary alicyclic amines) is 1. The lowest BCUT2D eigenvalue weighted by Gasteiger charge is -2.29. The minimum Gasteiger partial charge on any atom is -0.479 e. The summed E-state index contributed by atoms with van der Waals surface area (Å²) in [6, 6.07) is 5.18. The first-order valence-corrected chi connectivity index (χ1v) is 13.6. The molecule has 0 spiro atoms. The van der Waals surface area contributed by atoms with Crippen LogP contribution in [0.1, 0.15) is 53.6 Å². The van der Waals surface area contributed by atoms with Crippen molar-refractivity contribution < 1.29 is 19.1 Å². The third kappa shape index (κ3) is 4.71. The number of allylic oxidation sites excluding steroid dienone is 1. The number of benzene rings is 1. The molecule has 1 N–H and O–H groups in total. The van der Waals surface area contributed by atoms with Gasteiger partial charge < -0.3 is 15.0 Å². The van der Waals surface area contributed by atoms with Gasteiger partial charge in [-0.3, -0.25) is 24.3 Å². The van der Waals surface area contributed by atoms with Crippen LogP contribution in [0.5, 0.6) is 5.75 Å². The summed E-state index contributed by atoms with van der Waals surface area (Å²) in [6.07, 6.45) is 2.32. The Kier molecular flexibility index (Phi) is 7.20. The number of imide groups is 1. The zero-order valence-electron chi connectivity index (χ0n) is 20.9. The fraction of sp³-hybridized carbons (Fsp3) is 0.407. The number of ether oxygens (including phenoxy) is 1. The van der Waals surface area contributed by atoms with E-state index in [2.05, 4.69) is 17.0 Å². The Morgan fingerprint density at radius 2 is 1.95 bits per heavy atom. The molecule has 0 radical (unpaired) electrons. The Hall–Kier alpha value is -3.01. The summed E-state index contributed by atoms with van der Waals surface area (Å²) in [4.78, 5) is 46.9. The zero-order valence-corrected chi connectivity index (χ0v) is 22.5. The Bertz CT molecular complexity index is 1300. The molecule has 194 valence electrons. The summed E-state index contributed by atoms with van der Waals surface area (Å²) in [6.45, 7) is 10.4. The first kappa shape index (κ1) is 25.6. The van der Waals surface area contributed by atoms with Gasteiger partial charge in [0.2, 0.25) is 11.8 Å². The molecule has 3 aliphatic heterocycles. The monoisotopic (exact) mass is 540 g/mol. The molecule has 0 aliphatic carbocycles. The highest BCUT2D eigenvalue weighted by molar-refractivity contribution is 7.14. The predicted octanol–water partition coefficient (Wildman–Crippen LogP) is 4.13. The third-order valence-corrected chi connectivity index (χ3v) is 8.66. The van der Waals surface area contributed by atoms with E-state index in [9.17, 15) is 14.4 Å². The molecule has 2 saturated heterocycles. The van der Waals surface area contributed by atoms with E-state index in [-0.39, 0.29) is 30.6 Å². The molecule has 2 aromatic rings. The van der Waals surface area contributed by atoms with Crippen LogP contribution in [0.2, 0.25) is 5.02 Å². The molecule has 1 aromatic heterocycles. The molecule has 5 rings (SSSR count). The van der Waals surface area contributed by atoms with Crippen LogP contribution in [-0.2, 0) is 20.8 Å². The van der Waals surface area contributed by atoms with Gasteiger partial charge in [0.15, 0.2) is 6.10 Å². The Morgan fingerprint density at radius 3 is 2.59 bits per heavy atom.